The van der Waals surface area contributed by atoms with Crippen molar-refractivity contribution < 1.29 is 9.53 Å². The summed E-state index contributed by atoms with van der Waals surface area (Å²) in [7, 11) is 0. The van der Waals surface area contributed by atoms with Crippen molar-refractivity contribution in [3.63, 3.8) is 0 Å². The van der Waals surface area contributed by atoms with E-state index in [4.69, 9.17) is 16.3 Å². The van der Waals surface area contributed by atoms with Crippen LogP contribution in [0.25, 0.3) is 10.9 Å². The third-order valence-corrected chi connectivity index (χ3v) is 6.00. The summed E-state index contributed by atoms with van der Waals surface area (Å²) in [5.74, 6) is 0.623. The van der Waals surface area contributed by atoms with Crippen molar-refractivity contribution in [1.29, 1.82) is 0 Å². The largest absolute Gasteiger partial charge is 0.494 e. The number of aromatic amines is 1. The van der Waals surface area contributed by atoms with Crippen LogP contribution in [-0.2, 0) is 6.54 Å². The topological polar surface area (TPSA) is 62.4 Å². The molecule has 1 aromatic heterocycles. The van der Waals surface area contributed by atoms with Gasteiger partial charge in [-0.3, -0.25) is 9.59 Å². The first-order chi connectivity index (χ1) is 14.6. The Kier molecular flexibility index (Phi) is 6.09. The molecule has 0 bridgehead atoms. The zero-order valence-electron chi connectivity index (χ0n) is 17.0. The Hall–Kier alpha value is -2.79. The first-order valence-corrected chi connectivity index (χ1v) is 10.8. The van der Waals surface area contributed by atoms with Crippen molar-refractivity contribution in [2.45, 2.75) is 45.2 Å². The Morgan fingerprint density at radius 2 is 1.93 bits per heavy atom. The van der Waals surface area contributed by atoms with Gasteiger partial charge < -0.3 is 14.6 Å². The summed E-state index contributed by atoms with van der Waals surface area (Å²) in [5, 5.41) is 1.31. The standard InChI is InChI=1S/C24H25ClN2O3/c1-2-30-19-11-12-22-16(14-19)13-17(23(28)26-22)15-27(18-7-3-4-8-18)24(29)20-9-5-6-10-21(20)25/h5-6,9-14,18H,2-4,7-8,15H2,1H3,(H,26,28). The first-order valence-electron chi connectivity index (χ1n) is 10.4. The van der Waals surface area contributed by atoms with Gasteiger partial charge in [0.2, 0.25) is 0 Å². The van der Waals surface area contributed by atoms with Crippen molar-refractivity contribution in [2.24, 2.45) is 0 Å². The zero-order chi connectivity index (χ0) is 21.1. The molecule has 0 radical (unpaired) electrons. The number of ether oxygens (including phenoxy) is 1. The molecular weight excluding hydrogens is 400 g/mol. The van der Waals surface area contributed by atoms with Crippen LogP contribution in [0.15, 0.2) is 53.3 Å². The second-order valence-electron chi connectivity index (χ2n) is 7.66. The van der Waals surface area contributed by atoms with E-state index in [1.165, 1.54) is 0 Å². The number of carbonyl (C=O) groups is 1. The molecular formula is C24H25ClN2O3. The van der Waals surface area contributed by atoms with Crippen molar-refractivity contribution >= 4 is 28.4 Å². The highest BCUT2D eigenvalue weighted by Gasteiger charge is 2.29. The van der Waals surface area contributed by atoms with Crippen molar-refractivity contribution in [2.75, 3.05) is 6.61 Å². The maximum Gasteiger partial charge on any atom is 0.255 e. The maximum atomic E-state index is 13.4. The fourth-order valence-corrected chi connectivity index (χ4v) is 4.38. The Bertz CT molecular complexity index is 1120. The number of benzene rings is 2. The van der Waals surface area contributed by atoms with Crippen LogP contribution >= 0.6 is 11.6 Å². The van der Waals surface area contributed by atoms with Gasteiger partial charge in [-0.25, -0.2) is 0 Å². The molecule has 0 spiro atoms. The molecule has 6 heteroatoms. The minimum absolute atomic E-state index is 0.110. The highest BCUT2D eigenvalue weighted by molar-refractivity contribution is 6.33. The number of amides is 1. The minimum Gasteiger partial charge on any atom is -0.494 e. The number of rotatable bonds is 6. The minimum atomic E-state index is -0.179. The van der Waals surface area contributed by atoms with Crippen LogP contribution in [0.1, 0.15) is 48.5 Å². The zero-order valence-corrected chi connectivity index (χ0v) is 17.7. The fraction of sp³-hybridized carbons (Fsp3) is 0.333. The molecule has 30 heavy (non-hydrogen) atoms. The number of carbonyl (C=O) groups excluding carboxylic acids is 1. The van der Waals surface area contributed by atoms with Gasteiger partial charge in [0.15, 0.2) is 0 Å². The lowest BCUT2D eigenvalue weighted by Crippen LogP contribution is -2.39. The average Bonchev–Trinajstić information content (AvgIpc) is 3.27. The molecule has 1 saturated carbocycles. The summed E-state index contributed by atoms with van der Waals surface area (Å²) in [6, 6.07) is 14.6. The second-order valence-corrected chi connectivity index (χ2v) is 8.06. The number of hydrogen-bond acceptors (Lipinski definition) is 3. The molecule has 0 unspecified atom stereocenters. The molecule has 1 aliphatic rings. The number of hydrogen-bond donors (Lipinski definition) is 1. The highest BCUT2D eigenvalue weighted by Crippen LogP contribution is 2.28. The number of pyridine rings is 1. The summed E-state index contributed by atoms with van der Waals surface area (Å²) >= 11 is 6.30. The average molecular weight is 425 g/mol. The molecule has 0 atom stereocenters. The molecule has 0 aliphatic heterocycles. The van der Waals surface area contributed by atoms with Gasteiger partial charge in [0.05, 0.1) is 23.7 Å². The lowest BCUT2D eigenvalue weighted by atomic mass is 10.1. The highest BCUT2D eigenvalue weighted by atomic mass is 35.5. The molecule has 1 N–H and O–H groups in total. The molecule has 1 aliphatic carbocycles. The van der Waals surface area contributed by atoms with E-state index in [0.717, 1.165) is 42.3 Å². The molecule has 1 heterocycles. The Balaban J connectivity index is 1.71. The van der Waals surface area contributed by atoms with Gasteiger partial charge in [-0.1, -0.05) is 36.6 Å². The van der Waals surface area contributed by atoms with E-state index in [1.807, 2.05) is 48.2 Å². The fourth-order valence-electron chi connectivity index (χ4n) is 4.16. The van der Waals surface area contributed by atoms with E-state index in [2.05, 4.69) is 4.98 Å². The molecule has 2 aromatic carbocycles. The monoisotopic (exact) mass is 424 g/mol. The molecule has 1 amide bonds. The quantitative estimate of drug-likeness (QED) is 0.594. The van der Waals surface area contributed by atoms with Gasteiger partial charge >= 0.3 is 0 Å². The van der Waals surface area contributed by atoms with Gasteiger partial charge in [0, 0.05) is 22.5 Å². The first kappa shape index (κ1) is 20.5. The Morgan fingerprint density at radius 3 is 2.67 bits per heavy atom. The Morgan fingerprint density at radius 1 is 1.17 bits per heavy atom. The number of H-pyrrole nitrogens is 1. The van der Waals surface area contributed by atoms with E-state index in [1.54, 1.807) is 12.1 Å². The lowest BCUT2D eigenvalue weighted by Gasteiger charge is -2.29. The summed E-state index contributed by atoms with van der Waals surface area (Å²) in [5.41, 5.74) is 1.60. The summed E-state index contributed by atoms with van der Waals surface area (Å²) in [6.45, 7) is 2.75. The van der Waals surface area contributed by atoms with Crippen molar-refractivity contribution in [3.8, 4) is 5.75 Å². The second kappa shape index (κ2) is 8.92. The summed E-state index contributed by atoms with van der Waals surface area (Å²) < 4.78 is 5.58. The molecule has 1 fully saturated rings. The van der Waals surface area contributed by atoms with Crippen LogP contribution in [0.5, 0.6) is 5.75 Å². The molecule has 156 valence electrons. The summed E-state index contributed by atoms with van der Waals surface area (Å²) in [6.07, 6.45) is 4.05. The number of halogens is 1. The third kappa shape index (κ3) is 4.21. The van der Waals surface area contributed by atoms with Gasteiger partial charge in [-0.05, 0) is 56.2 Å². The van der Waals surface area contributed by atoms with Crippen LogP contribution < -0.4 is 10.3 Å². The lowest BCUT2D eigenvalue weighted by molar-refractivity contribution is 0.0664. The van der Waals surface area contributed by atoms with E-state index in [9.17, 15) is 9.59 Å². The number of nitrogens with one attached hydrogen (secondary N) is 1. The predicted octanol–water partition coefficient (Wildman–Crippen LogP) is 5.17. The van der Waals surface area contributed by atoms with Gasteiger partial charge in [0.25, 0.3) is 11.5 Å². The normalized spacial score (nSPS) is 14.2. The van der Waals surface area contributed by atoms with Crippen LogP contribution in [-0.4, -0.2) is 28.4 Å². The van der Waals surface area contributed by atoms with E-state index in [0.29, 0.717) is 22.8 Å². The van der Waals surface area contributed by atoms with Crippen LogP contribution in [0.4, 0.5) is 0 Å². The Labute approximate surface area is 180 Å². The van der Waals surface area contributed by atoms with E-state index >= 15 is 0 Å². The molecule has 3 aromatic rings. The molecule has 4 rings (SSSR count). The smallest absolute Gasteiger partial charge is 0.255 e. The number of fused-ring (bicyclic) bond motifs is 1. The third-order valence-electron chi connectivity index (χ3n) is 5.67. The summed E-state index contributed by atoms with van der Waals surface area (Å²) in [4.78, 5) is 30.9. The van der Waals surface area contributed by atoms with Gasteiger partial charge in [-0.2, -0.15) is 0 Å². The van der Waals surface area contributed by atoms with Gasteiger partial charge in [-0.15, -0.1) is 0 Å². The van der Waals surface area contributed by atoms with Crippen LogP contribution in [0.3, 0.4) is 0 Å². The van der Waals surface area contributed by atoms with Crippen LogP contribution in [0, 0.1) is 0 Å². The number of aromatic nitrogens is 1. The predicted molar refractivity (Wildman–Crippen MR) is 119 cm³/mol. The molecule has 5 nitrogen and oxygen atoms in total. The SMILES string of the molecule is CCOc1ccc2[nH]c(=O)c(CN(C(=O)c3ccccc3Cl)C3CCCC3)cc2c1. The maximum absolute atomic E-state index is 13.4. The van der Waals surface area contributed by atoms with Crippen LogP contribution in [0.2, 0.25) is 5.02 Å². The number of nitrogens with zero attached hydrogens (tertiary/aromatic N) is 1. The van der Waals surface area contributed by atoms with E-state index < -0.39 is 0 Å². The van der Waals surface area contributed by atoms with E-state index in [-0.39, 0.29) is 24.1 Å². The van der Waals surface area contributed by atoms with Crippen molar-refractivity contribution in [1.82, 2.24) is 9.88 Å². The molecule has 0 saturated heterocycles. The van der Waals surface area contributed by atoms with Crippen molar-refractivity contribution in [3.05, 3.63) is 75.0 Å². The van der Waals surface area contributed by atoms with Gasteiger partial charge in [0.1, 0.15) is 5.75 Å².